The zero-order chi connectivity index (χ0) is 17.1. The summed E-state index contributed by atoms with van der Waals surface area (Å²) < 4.78 is 10.9. The van der Waals surface area contributed by atoms with E-state index in [1.54, 1.807) is 7.11 Å². The van der Waals surface area contributed by atoms with Crippen molar-refractivity contribution in [2.24, 2.45) is 0 Å². The Morgan fingerprint density at radius 3 is 2.60 bits per heavy atom. The minimum Gasteiger partial charge on any atom is -0.497 e. The molecular formula is C20H23N3O2. The summed E-state index contributed by atoms with van der Waals surface area (Å²) in [5.74, 6) is 1.71. The van der Waals surface area contributed by atoms with Crippen molar-refractivity contribution in [3.63, 3.8) is 0 Å². The molecule has 1 aliphatic rings. The zero-order valence-corrected chi connectivity index (χ0v) is 14.4. The number of benzene rings is 2. The molecule has 3 aromatic rings. The highest BCUT2D eigenvalue weighted by molar-refractivity contribution is 5.77. The number of fused-ring (bicyclic) bond motifs is 1. The van der Waals surface area contributed by atoms with Crippen molar-refractivity contribution >= 4 is 17.0 Å². The van der Waals surface area contributed by atoms with Crippen LogP contribution in [0.2, 0.25) is 0 Å². The fourth-order valence-electron chi connectivity index (χ4n) is 3.56. The Labute approximate surface area is 147 Å². The summed E-state index contributed by atoms with van der Waals surface area (Å²) in [6, 6.07) is 16.5. The average Bonchev–Trinajstić information content (AvgIpc) is 3.10. The van der Waals surface area contributed by atoms with E-state index in [9.17, 15) is 0 Å². The molecule has 0 bridgehead atoms. The van der Waals surface area contributed by atoms with Crippen LogP contribution in [0.5, 0.6) is 5.75 Å². The molecule has 2 N–H and O–H groups in total. The Morgan fingerprint density at radius 1 is 1.12 bits per heavy atom. The first kappa shape index (κ1) is 16.0. The summed E-state index contributed by atoms with van der Waals surface area (Å²) >= 11 is 0. The van der Waals surface area contributed by atoms with Crippen LogP contribution >= 0.6 is 0 Å². The van der Waals surface area contributed by atoms with Crippen molar-refractivity contribution in [3.8, 4) is 5.75 Å². The van der Waals surface area contributed by atoms with Gasteiger partial charge >= 0.3 is 0 Å². The van der Waals surface area contributed by atoms with E-state index < -0.39 is 0 Å². The van der Waals surface area contributed by atoms with E-state index in [4.69, 9.17) is 9.47 Å². The number of rotatable bonds is 5. The highest BCUT2D eigenvalue weighted by atomic mass is 16.5. The number of ether oxygens (including phenoxy) is 2. The molecule has 0 radical (unpaired) electrons. The van der Waals surface area contributed by atoms with Crippen LogP contribution in [0.15, 0.2) is 48.5 Å². The van der Waals surface area contributed by atoms with Gasteiger partial charge in [-0.15, -0.1) is 0 Å². The Kier molecular flexibility index (Phi) is 4.32. The fourth-order valence-corrected chi connectivity index (χ4v) is 3.56. The second-order valence-electron chi connectivity index (χ2n) is 6.58. The van der Waals surface area contributed by atoms with Crippen LogP contribution in [0.4, 0.5) is 5.95 Å². The smallest absolute Gasteiger partial charge is 0.201 e. The van der Waals surface area contributed by atoms with Gasteiger partial charge in [0.2, 0.25) is 5.95 Å². The first-order valence-corrected chi connectivity index (χ1v) is 8.70. The van der Waals surface area contributed by atoms with E-state index in [0.29, 0.717) is 0 Å². The van der Waals surface area contributed by atoms with E-state index in [-0.39, 0.29) is 5.41 Å². The molecule has 1 fully saturated rings. The number of aromatic amines is 1. The molecule has 4 rings (SSSR count). The molecule has 1 aliphatic heterocycles. The number of H-pyrrole nitrogens is 1. The van der Waals surface area contributed by atoms with Gasteiger partial charge in [-0.25, -0.2) is 4.98 Å². The molecule has 130 valence electrons. The second-order valence-corrected chi connectivity index (χ2v) is 6.58. The van der Waals surface area contributed by atoms with E-state index >= 15 is 0 Å². The molecule has 5 nitrogen and oxygen atoms in total. The normalized spacial score (nSPS) is 16.7. The predicted molar refractivity (Wildman–Crippen MR) is 99.3 cm³/mol. The van der Waals surface area contributed by atoms with Crippen LogP contribution in [0.25, 0.3) is 11.0 Å². The molecule has 2 heterocycles. The number of anilines is 1. The Balaban J connectivity index is 1.57. The lowest BCUT2D eigenvalue weighted by atomic mass is 9.74. The predicted octanol–water partition coefficient (Wildman–Crippen LogP) is 3.73. The molecule has 1 aromatic heterocycles. The molecule has 0 amide bonds. The van der Waals surface area contributed by atoms with Gasteiger partial charge in [-0.1, -0.05) is 24.3 Å². The lowest BCUT2D eigenvalue weighted by molar-refractivity contribution is 0.0543. The molecule has 0 spiro atoms. The number of hydrogen-bond acceptors (Lipinski definition) is 4. The SMILES string of the molecule is COc1ccc(C2(CNc3nc4ccccc4[nH]3)CCOCC2)cc1. The zero-order valence-electron chi connectivity index (χ0n) is 14.4. The molecule has 0 saturated carbocycles. The van der Waals surface area contributed by atoms with Crippen LogP contribution in [-0.4, -0.2) is 36.8 Å². The van der Waals surface area contributed by atoms with Crippen LogP contribution in [0.1, 0.15) is 18.4 Å². The van der Waals surface area contributed by atoms with Crippen molar-refractivity contribution in [2.45, 2.75) is 18.3 Å². The maximum Gasteiger partial charge on any atom is 0.201 e. The van der Waals surface area contributed by atoms with Crippen LogP contribution in [0, 0.1) is 0 Å². The van der Waals surface area contributed by atoms with E-state index in [1.165, 1.54) is 5.56 Å². The first-order valence-electron chi connectivity index (χ1n) is 8.70. The number of para-hydroxylation sites is 2. The summed E-state index contributed by atoms with van der Waals surface area (Å²) in [5.41, 5.74) is 3.40. The van der Waals surface area contributed by atoms with Crippen molar-refractivity contribution < 1.29 is 9.47 Å². The summed E-state index contributed by atoms with van der Waals surface area (Å²) in [6.07, 6.45) is 1.99. The van der Waals surface area contributed by atoms with Gasteiger partial charge in [0, 0.05) is 25.2 Å². The van der Waals surface area contributed by atoms with Gasteiger partial charge < -0.3 is 19.8 Å². The molecule has 1 saturated heterocycles. The molecule has 5 heteroatoms. The minimum absolute atomic E-state index is 0.0451. The van der Waals surface area contributed by atoms with Crippen molar-refractivity contribution in [1.82, 2.24) is 9.97 Å². The monoisotopic (exact) mass is 337 g/mol. The topological polar surface area (TPSA) is 59.2 Å². The van der Waals surface area contributed by atoms with Gasteiger partial charge in [-0.3, -0.25) is 0 Å². The van der Waals surface area contributed by atoms with Gasteiger partial charge in [-0.05, 0) is 42.7 Å². The Bertz CT molecular complexity index is 803. The Morgan fingerprint density at radius 2 is 1.88 bits per heavy atom. The number of imidazole rings is 1. The van der Waals surface area contributed by atoms with Crippen molar-refractivity contribution in [2.75, 3.05) is 32.2 Å². The third kappa shape index (κ3) is 3.20. The molecular weight excluding hydrogens is 314 g/mol. The Hall–Kier alpha value is -2.53. The third-order valence-electron chi connectivity index (χ3n) is 5.14. The average molecular weight is 337 g/mol. The lowest BCUT2D eigenvalue weighted by Crippen LogP contribution is -2.40. The summed E-state index contributed by atoms with van der Waals surface area (Å²) in [4.78, 5) is 7.98. The van der Waals surface area contributed by atoms with Gasteiger partial charge in [0.1, 0.15) is 5.75 Å². The highest BCUT2D eigenvalue weighted by Gasteiger charge is 2.34. The summed E-state index contributed by atoms with van der Waals surface area (Å²) in [5, 5.41) is 3.52. The minimum atomic E-state index is 0.0451. The summed E-state index contributed by atoms with van der Waals surface area (Å²) in [6.45, 7) is 2.39. The first-order chi connectivity index (χ1) is 12.3. The number of hydrogen-bond donors (Lipinski definition) is 2. The molecule has 0 unspecified atom stereocenters. The van der Waals surface area contributed by atoms with Crippen LogP contribution in [0.3, 0.4) is 0 Å². The summed E-state index contributed by atoms with van der Waals surface area (Å²) in [7, 11) is 1.70. The van der Waals surface area contributed by atoms with E-state index in [1.807, 2.05) is 36.4 Å². The maximum atomic E-state index is 5.62. The van der Waals surface area contributed by atoms with Gasteiger partial charge in [-0.2, -0.15) is 0 Å². The highest BCUT2D eigenvalue weighted by Crippen LogP contribution is 2.36. The quantitative estimate of drug-likeness (QED) is 0.745. The van der Waals surface area contributed by atoms with Crippen molar-refractivity contribution in [3.05, 3.63) is 54.1 Å². The number of nitrogens with one attached hydrogen (secondary N) is 2. The van der Waals surface area contributed by atoms with Gasteiger partial charge in [0.25, 0.3) is 0 Å². The number of methoxy groups -OCH3 is 1. The lowest BCUT2D eigenvalue weighted by Gasteiger charge is -2.38. The van der Waals surface area contributed by atoms with E-state index in [2.05, 4.69) is 27.4 Å². The van der Waals surface area contributed by atoms with Crippen molar-refractivity contribution in [1.29, 1.82) is 0 Å². The number of aromatic nitrogens is 2. The van der Waals surface area contributed by atoms with Crippen LogP contribution < -0.4 is 10.1 Å². The molecule has 0 atom stereocenters. The number of nitrogens with zero attached hydrogens (tertiary/aromatic N) is 1. The largest absolute Gasteiger partial charge is 0.497 e. The standard InChI is InChI=1S/C20H23N3O2/c1-24-16-8-6-15(7-9-16)20(10-12-25-13-11-20)14-21-19-22-17-4-2-3-5-18(17)23-19/h2-9H,10-14H2,1H3,(H2,21,22,23). The van der Waals surface area contributed by atoms with Gasteiger partial charge in [0.05, 0.1) is 18.1 Å². The fraction of sp³-hybridized carbons (Fsp3) is 0.350. The molecule has 2 aromatic carbocycles. The molecule has 0 aliphatic carbocycles. The molecule has 25 heavy (non-hydrogen) atoms. The van der Waals surface area contributed by atoms with Crippen LogP contribution in [-0.2, 0) is 10.2 Å². The third-order valence-corrected chi connectivity index (χ3v) is 5.14. The van der Waals surface area contributed by atoms with Gasteiger partial charge in [0.15, 0.2) is 0 Å². The van der Waals surface area contributed by atoms with E-state index in [0.717, 1.165) is 55.3 Å². The second kappa shape index (κ2) is 6.76. The maximum absolute atomic E-state index is 5.62.